The van der Waals surface area contributed by atoms with E-state index in [0.29, 0.717) is 17.7 Å². The van der Waals surface area contributed by atoms with Crippen LogP contribution < -0.4 is 10.6 Å². The van der Waals surface area contributed by atoms with Crippen LogP contribution in [-0.4, -0.2) is 47.4 Å². The Morgan fingerprint density at radius 3 is 2.43 bits per heavy atom. The summed E-state index contributed by atoms with van der Waals surface area (Å²) in [5.74, 6) is -1.32. The molecule has 0 fully saturated rings. The highest BCUT2D eigenvalue weighted by Gasteiger charge is 2.24. The first kappa shape index (κ1) is 22.9. The molecule has 30 heavy (non-hydrogen) atoms. The van der Waals surface area contributed by atoms with Gasteiger partial charge in [-0.25, -0.2) is 4.79 Å². The molecule has 0 aromatic heterocycles. The minimum absolute atomic E-state index is 0.000127. The van der Waals surface area contributed by atoms with Gasteiger partial charge in [0.1, 0.15) is 11.7 Å². The standard InChI is InChI=1S/C20H21N3O6S/c1-30-12-11-16(22-19(25)14-7-3-2-4-8-14)20(26)29-13-18(24)21-15-9-5-6-10-17(15)23(27)28/h2-10,16H,11-13H2,1H3,(H,21,24)(H,22,25). The van der Waals surface area contributed by atoms with Crippen LogP contribution in [0.25, 0.3) is 0 Å². The van der Waals surface area contributed by atoms with Crippen molar-refractivity contribution in [2.75, 3.05) is 23.9 Å². The second-order valence-electron chi connectivity index (χ2n) is 6.10. The van der Waals surface area contributed by atoms with Crippen molar-refractivity contribution in [3.63, 3.8) is 0 Å². The van der Waals surface area contributed by atoms with Gasteiger partial charge in [0.15, 0.2) is 6.61 Å². The van der Waals surface area contributed by atoms with Gasteiger partial charge < -0.3 is 15.4 Å². The van der Waals surface area contributed by atoms with Crippen molar-refractivity contribution in [1.82, 2.24) is 5.32 Å². The van der Waals surface area contributed by atoms with Gasteiger partial charge in [0, 0.05) is 11.6 Å². The molecular formula is C20H21N3O6S. The van der Waals surface area contributed by atoms with Gasteiger partial charge in [0.2, 0.25) is 0 Å². The van der Waals surface area contributed by atoms with Gasteiger partial charge in [0.25, 0.3) is 17.5 Å². The Bertz CT molecular complexity index is 906. The van der Waals surface area contributed by atoms with E-state index in [9.17, 15) is 24.5 Å². The largest absolute Gasteiger partial charge is 0.454 e. The number of esters is 1. The van der Waals surface area contributed by atoms with E-state index in [2.05, 4.69) is 10.6 Å². The molecule has 2 N–H and O–H groups in total. The fraction of sp³-hybridized carbons (Fsp3) is 0.250. The molecule has 0 spiro atoms. The molecule has 9 nitrogen and oxygen atoms in total. The van der Waals surface area contributed by atoms with Gasteiger partial charge in [-0.2, -0.15) is 11.8 Å². The normalized spacial score (nSPS) is 11.2. The number of benzene rings is 2. The molecule has 0 aliphatic rings. The Labute approximate surface area is 177 Å². The second kappa shape index (κ2) is 11.6. The van der Waals surface area contributed by atoms with E-state index in [-0.39, 0.29) is 11.4 Å². The van der Waals surface area contributed by atoms with Gasteiger partial charge in [-0.15, -0.1) is 0 Å². The number of rotatable bonds is 10. The number of carbonyl (C=O) groups excluding carboxylic acids is 3. The van der Waals surface area contributed by atoms with Crippen molar-refractivity contribution in [1.29, 1.82) is 0 Å². The number of carbonyl (C=O) groups is 3. The van der Waals surface area contributed by atoms with Crippen LogP contribution in [0.4, 0.5) is 11.4 Å². The maximum atomic E-state index is 12.4. The van der Waals surface area contributed by atoms with Crippen molar-refractivity contribution >= 4 is 40.9 Å². The predicted octanol–water partition coefficient (Wildman–Crippen LogP) is 2.63. The molecular weight excluding hydrogens is 410 g/mol. The number of nitro groups is 1. The van der Waals surface area contributed by atoms with E-state index >= 15 is 0 Å². The van der Waals surface area contributed by atoms with Crippen LogP contribution in [0.1, 0.15) is 16.8 Å². The maximum absolute atomic E-state index is 12.4. The first-order valence-electron chi connectivity index (χ1n) is 8.97. The van der Waals surface area contributed by atoms with Crippen molar-refractivity contribution < 1.29 is 24.0 Å². The lowest BCUT2D eigenvalue weighted by Crippen LogP contribution is -2.43. The molecule has 2 aromatic rings. The molecule has 0 heterocycles. The molecule has 1 atom stereocenters. The Morgan fingerprint density at radius 1 is 1.10 bits per heavy atom. The third-order valence-corrected chi connectivity index (χ3v) is 4.60. The van der Waals surface area contributed by atoms with E-state index < -0.39 is 35.4 Å². The summed E-state index contributed by atoms with van der Waals surface area (Å²) in [6, 6.07) is 13.1. The first-order valence-corrected chi connectivity index (χ1v) is 10.4. The summed E-state index contributed by atoms with van der Waals surface area (Å²) in [5.41, 5.74) is 0.124. The first-order chi connectivity index (χ1) is 14.4. The smallest absolute Gasteiger partial charge is 0.329 e. The number of ether oxygens (including phenoxy) is 1. The molecule has 0 bridgehead atoms. The third-order valence-electron chi connectivity index (χ3n) is 3.96. The SMILES string of the molecule is CSCCC(NC(=O)c1ccccc1)C(=O)OCC(=O)Nc1ccccc1[N+](=O)[O-]. The third kappa shape index (κ3) is 6.89. The van der Waals surface area contributed by atoms with Crippen LogP contribution in [0, 0.1) is 10.1 Å². The molecule has 158 valence electrons. The zero-order valence-electron chi connectivity index (χ0n) is 16.2. The number of nitrogens with one attached hydrogen (secondary N) is 2. The Balaban J connectivity index is 1.95. The van der Waals surface area contributed by atoms with Crippen LogP contribution in [0.3, 0.4) is 0 Å². The van der Waals surface area contributed by atoms with Crippen LogP contribution >= 0.6 is 11.8 Å². The number of nitrogens with zero attached hydrogens (tertiary/aromatic N) is 1. The topological polar surface area (TPSA) is 128 Å². The lowest BCUT2D eigenvalue weighted by Gasteiger charge is -2.17. The van der Waals surface area contributed by atoms with Crippen molar-refractivity contribution in [2.45, 2.75) is 12.5 Å². The molecule has 0 aliphatic heterocycles. The fourth-order valence-corrected chi connectivity index (χ4v) is 2.95. The summed E-state index contributed by atoms with van der Waals surface area (Å²) in [4.78, 5) is 47.2. The monoisotopic (exact) mass is 431 g/mol. The predicted molar refractivity (Wildman–Crippen MR) is 113 cm³/mol. The Morgan fingerprint density at radius 2 is 1.77 bits per heavy atom. The van der Waals surface area contributed by atoms with Crippen LogP contribution in [0.15, 0.2) is 54.6 Å². The number of para-hydroxylation sites is 2. The molecule has 2 rings (SSSR count). The van der Waals surface area contributed by atoms with Gasteiger partial charge in [-0.05, 0) is 36.6 Å². The number of anilines is 1. The molecule has 2 aromatic carbocycles. The number of thioether (sulfide) groups is 1. The van der Waals surface area contributed by atoms with Crippen molar-refractivity contribution in [3.05, 3.63) is 70.3 Å². The van der Waals surface area contributed by atoms with E-state index in [0.717, 1.165) is 0 Å². The summed E-state index contributed by atoms with van der Waals surface area (Å²) < 4.78 is 5.03. The zero-order chi connectivity index (χ0) is 21.9. The molecule has 2 amide bonds. The minimum atomic E-state index is -0.927. The van der Waals surface area contributed by atoms with Crippen LogP contribution in [0.5, 0.6) is 0 Å². The average Bonchev–Trinajstić information content (AvgIpc) is 2.75. The quantitative estimate of drug-likeness (QED) is 0.336. The van der Waals surface area contributed by atoms with E-state index in [1.54, 1.807) is 30.3 Å². The van der Waals surface area contributed by atoms with Crippen LogP contribution in [-0.2, 0) is 14.3 Å². The van der Waals surface area contributed by atoms with E-state index in [1.807, 2.05) is 6.26 Å². The molecule has 0 saturated carbocycles. The number of hydrogen-bond acceptors (Lipinski definition) is 7. The Kier molecular flexibility index (Phi) is 8.82. The Hall–Kier alpha value is -3.40. The number of hydrogen-bond donors (Lipinski definition) is 2. The van der Waals surface area contributed by atoms with Crippen LogP contribution in [0.2, 0.25) is 0 Å². The number of amides is 2. The summed E-state index contributed by atoms with van der Waals surface area (Å²) in [7, 11) is 0. The highest BCUT2D eigenvalue weighted by atomic mass is 32.2. The van der Waals surface area contributed by atoms with Crippen molar-refractivity contribution in [3.8, 4) is 0 Å². The summed E-state index contributed by atoms with van der Waals surface area (Å²) in [5, 5.41) is 16.0. The van der Waals surface area contributed by atoms with E-state index in [4.69, 9.17) is 4.74 Å². The van der Waals surface area contributed by atoms with Gasteiger partial charge in [0.05, 0.1) is 4.92 Å². The fourth-order valence-electron chi connectivity index (χ4n) is 2.48. The second-order valence-corrected chi connectivity index (χ2v) is 7.09. The minimum Gasteiger partial charge on any atom is -0.454 e. The van der Waals surface area contributed by atoms with Gasteiger partial charge in [-0.1, -0.05) is 30.3 Å². The lowest BCUT2D eigenvalue weighted by molar-refractivity contribution is -0.383. The summed E-state index contributed by atoms with van der Waals surface area (Å²) >= 11 is 1.50. The molecule has 1 unspecified atom stereocenters. The lowest BCUT2D eigenvalue weighted by atomic mass is 10.1. The highest BCUT2D eigenvalue weighted by molar-refractivity contribution is 7.98. The number of nitro benzene ring substituents is 1. The molecule has 10 heteroatoms. The summed E-state index contributed by atoms with van der Waals surface area (Å²) in [6.07, 6.45) is 2.19. The van der Waals surface area contributed by atoms with Gasteiger partial charge in [-0.3, -0.25) is 19.7 Å². The molecule has 0 radical (unpaired) electrons. The average molecular weight is 431 g/mol. The summed E-state index contributed by atoms with van der Waals surface area (Å²) in [6.45, 7) is -0.637. The maximum Gasteiger partial charge on any atom is 0.329 e. The molecule has 0 saturated heterocycles. The van der Waals surface area contributed by atoms with Gasteiger partial charge >= 0.3 is 5.97 Å². The van der Waals surface area contributed by atoms with E-state index in [1.165, 1.54) is 36.0 Å². The van der Waals surface area contributed by atoms with Crippen molar-refractivity contribution in [2.24, 2.45) is 0 Å². The zero-order valence-corrected chi connectivity index (χ0v) is 17.0. The molecule has 0 aliphatic carbocycles. The highest BCUT2D eigenvalue weighted by Crippen LogP contribution is 2.22.